The molecule has 1 aromatic heterocycles. The Kier molecular flexibility index (Phi) is 4.74. The van der Waals surface area contributed by atoms with Crippen molar-refractivity contribution >= 4 is 34.4 Å². The van der Waals surface area contributed by atoms with Crippen LogP contribution in [-0.4, -0.2) is 47.1 Å². The smallest absolute Gasteiger partial charge is 0.467 e. The lowest BCUT2D eigenvalue weighted by Gasteiger charge is -2.40. The summed E-state index contributed by atoms with van der Waals surface area (Å²) in [6.45, 7) is 0. The fraction of sp³-hybridized carbons (Fsp3) is 0.273. The number of alkyl halides is 3. The average molecular weight is 463 g/mol. The summed E-state index contributed by atoms with van der Waals surface area (Å²) in [5.41, 5.74) is 2.77. The number of rotatable bonds is 3. The van der Waals surface area contributed by atoms with Crippen LogP contribution in [0.2, 0.25) is 0 Å². The maximum atomic E-state index is 13.6. The molecule has 1 amide bonds. The molecule has 0 radical (unpaired) electrons. The first-order valence-electron chi connectivity index (χ1n) is 9.77. The van der Waals surface area contributed by atoms with Crippen molar-refractivity contribution in [3.05, 3.63) is 59.3 Å². The van der Waals surface area contributed by atoms with Crippen LogP contribution in [-0.2, 0) is 20.7 Å². The van der Waals surface area contributed by atoms with E-state index in [-0.39, 0.29) is 23.8 Å². The molecule has 0 aliphatic carbocycles. The normalized spacial score (nSPS) is 20.8. The molecule has 2 aliphatic rings. The number of halogens is 3. The first kappa shape index (κ1) is 20.6. The minimum Gasteiger partial charge on any atom is -0.467 e. The van der Waals surface area contributed by atoms with Crippen LogP contribution in [0.25, 0.3) is 10.9 Å². The topological polar surface area (TPSA) is 80.9 Å². The summed E-state index contributed by atoms with van der Waals surface area (Å²) in [6, 6.07) is 10.0. The van der Waals surface area contributed by atoms with Gasteiger partial charge in [0.15, 0.2) is 11.5 Å². The molecule has 2 aromatic carbocycles. The predicted molar refractivity (Wildman–Crippen MR) is 110 cm³/mol. The lowest BCUT2D eigenvalue weighted by molar-refractivity contribution is -0.286. The van der Waals surface area contributed by atoms with E-state index >= 15 is 0 Å². The number of fused-ring (bicyclic) bond motifs is 4. The largest absolute Gasteiger partial charge is 0.586 e. The SMILES string of the molecule is COC(=O)[C@@H]1Cc2c([nH]c3ccccc23)[C@H](c2ccc3c(c2)OC(F)(F)O3)N1C(=O)CCl. The summed E-state index contributed by atoms with van der Waals surface area (Å²) >= 11 is 5.89. The van der Waals surface area contributed by atoms with Crippen LogP contribution >= 0.6 is 11.6 Å². The third kappa shape index (κ3) is 3.15. The van der Waals surface area contributed by atoms with E-state index in [9.17, 15) is 18.4 Å². The fourth-order valence-corrected chi connectivity index (χ4v) is 4.61. The molecule has 3 heterocycles. The number of hydrogen-bond acceptors (Lipinski definition) is 5. The van der Waals surface area contributed by atoms with Gasteiger partial charge in [-0.15, -0.1) is 20.4 Å². The third-order valence-electron chi connectivity index (χ3n) is 5.75. The highest BCUT2D eigenvalue weighted by molar-refractivity contribution is 6.27. The van der Waals surface area contributed by atoms with Crippen LogP contribution in [0, 0.1) is 0 Å². The van der Waals surface area contributed by atoms with Gasteiger partial charge in [-0.05, 0) is 29.3 Å². The van der Waals surface area contributed by atoms with E-state index in [1.54, 1.807) is 6.07 Å². The lowest BCUT2D eigenvalue weighted by Crippen LogP contribution is -2.52. The van der Waals surface area contributed by atoms with Gasteiger partial charge in [0.1, 0.15) is 11.9 Å². The number of H-pyrrole nitrogens is 1. The Morgan fingerprint density at radius 1 is 1.22 bits per heavy atom. The zero-order chi connectivity index (χ0) is 22.6. The highest BCUT2D eigenvalue weighted by Crippen LogP contribution is 2.46. The van der Waals surface area contributed by atoms with E-state index in [0.29, 0.717) is 11.3 Å². The number of benzene rings is 2. The second-order valence-electron chi connectivity index (χ2n) is 7.52. The van der Waals surface area contributed by atoms with Gasteiger partial charge in [-0.1, -0.05) is 24.3 Å². The monoisotopic (exact) mass is 462 g/mol. The van der Waals surface area contributed by atoms with E-state index in [1.807, 2.05) is 24.3 Å². The zero-order valence-corrected chi connectivity index (χ0v) is 17.5. The summed E-state index contributed by atoms with van der Waals surface area (Å²) in [5.74, 6) is -1.76. The number of methoxy groups -OCH3 is 1. The maximum Gasteiger partial charge on any atom is 0.586 e. The van der Waals surface area contributed by atoms with Crippen LogP contribution in [0.3, 0.4) is 0 Å². The third-order valence-corrected chi connectivity index (χ3v) is 5.98. The number of nitrogens with zero attached hydrogens (tertiary/aromatic N) is 1. The first-order valence-corrected chi connectivity index (χ1v) is 10.3. The number of aromatic nitrogens is 1. The van der Waals surface area contributed by atoms with Gasteiger partial charge in [0.2, 0.25) is 5.91 Å². The van der Waals surface area contributed by atoms with Crippen molar-refractivity contribution in [1.82, 2.24) is 9.88 Å². The Hall–Kier alpha value is -3.33. The minimum atomic E-state index is -3.78. The molecule has 0 fully saturated rings. The molecule has 10 heteroatoms. The Bertz CT molecular complexity index is 1240. The quantitative estimate of drug-likeness (QED) is 0.473. The Balaban J connectivity index is 1.72. The number of para-hydroxylation sites is 1. The second kappa shape index (κ2) is 7.37. The van der Waals surface area contributed by atoms with Crippen molar-refractivity contribution in [1.29, 1.82) is 0 Å². The Morgan fingerprint density at radius 3 is 2.72 bits per heavy atom. The number of amides is 1. The molecule has 5 rings (SSSR count). The molecule has 2 aliphatic heterocycles. The lowest BCUT2D eigenvalue weighted by atomic mass is 9.87. The summed E-state index contributed by atoms with van der Waals surface area (Å²) in [5, 5.41) is 0.895. The van der Waals surface area contributed by atoms with Gasteiger partial charge in [0, 0.05) is 23.0 Å². The van der Waals surface area contributed by atoms with E-state index in [2.05, 4.69) is 14.5 Å². The highest BCUT2D eigenvalue weighted by Gasteiger charge is 2.46. The number of aromatic amines is 1. The molecule has 32 heavy (non-hydrogen) atoms. The van der Waals surface area contributed by atoms with Crippen LogP contribution < -0.4 is 9.47 Å². The number of carbonyl (C=O) groups excluding carboxylic acids is 2. The molecule has 1 N–H and O–H groups in total. The molecule has 0 saturated heterocycles. The summed E-state index contributed by atoms with van der Waals surface area (Å²) in [4.78, 5) is 30.3. The predicted octanol–water partition coefficient (Wildman–Crippen LogP) is 3.74. The molecule has 0 bridgehead atoms. The first-order chi connectivity index (χ1) is 15.3. The molecular formula is C22H17ClF2N2O5. The average Bonchev–Trinajstić information content (AvgIpc) is 3.31. The summed E-state index contributed by atoms with van der Waals surface area (Å²) in [7, 11) is 1.24. The van der Waals surface area contributed by atoms with E-state index < -0.39 is 30.3 Å². The van der Waals surface area contributed by atoms with Gasteiger partial charge in [-0.2, -0.15) is 0 Å². The minimum absolute atomic E-state index is 0.119. The maximum absolute atomic E-state index is 13.6. The van der Waals surface area contributed by atoms with Crippen molar-refractivity contribution in [3.8, 4) is 11.5 Å². The summed E-state index contributed by atoms with van der Waals surface area (Å²) < 4.78 is 41.2. The van der Waals surface area contributed by atoms with Gasteiger partial charge in [-0.25, -0.2) is 4.79 Å². The molecule has 3 aromatic rings. The van der Waals surface area contributed by atoms with Gasteiger partial charge in [-0.3, -0.25) is 4.79 Å². The number of carbonyl (C=O) groups is 2. The van der Waals surface area contributed by atoms with Gasteiger partial charge < -0.3 is 24.1 Å². The molecule has 0 spiro atoms. The van der Waals surface area contributed by atoms with Crippen LogP contribution in [0.15, 0.2) is 42.5 Å². The standard InChI is InChI=1S/C22H17ClF2N2O5/c1-30-21(29)15-9-13-12-4-2-3-5-14(12)26-19(13)20(27(15)18(28)10-23)11-6-7-16-17(8-11)32-22(24,25)31-16/h2-8,15,20,26H,9-10H2,1H3/t15-,20-/m0/s1. The van der Waals surface area contributed by atoms with Crippen molar-refractivity contribution in [2.75, 3.05) is 13.0 Å². The fourth-order valence-electron chi connectivity index (χ4n) is 4.47. The molecular weight excluding hydrogens is 446 g/mol. The van der Waals surface area contributed by atoms with Crippen LogP contribution in [0.4, 0.5) is 8.78 Å². The number of ether oxygens (including phenoxy) is 3. The van der Waals surface area contributed by atoms with E-state index in [0.717, 1.165) is 16.5 Å². The van der Waals surface area contributed by atoms with Gasteiger partial charge in [0.25, 0.3) is 0 Å². The Morgan fingerprint density at radius 2 is 1.97 bits per heavy atom. The Labute approximate surface area is 185 Å². The second-order valence-corrected chi connectivity index (χ2v) is 7.78. The molecule has 0 unspecified atom stereocenters. The molecule has 166 valence electrons. The van der Waals surface area contributed by atoms with Crippen LogP contribution in [0.5, 0.6) is 11.5 Å². The zero-order valence-electron chi connectivity index (χ0n) is 16.7. The number of esters is 1. The highest BCUT2D eigenvalue weighted by atomic mass is 35.5. The molecule has 2 atom stereocenters. The van der Waals surface area contributed by atoms with Crippen molar-refractivity contribution < 1.29 is 32.6 Å². The number of hydrogen-bond donors (Lipinski definition) is 1. The van der Waals surface area contributed by atoms with Crippen molar-refractivity contribution in [2.45, 2.75) is 24.8 Å². The van der Waals surface area contributed by atoms with E-state index in [1.165, 1.54) is 24.1 Å². The van der Waals surface area contributed by atoms with Crippen molar-refractivity contribution in [3.63, 3.8) is 0 Å². The van der Waals surface area contributed by atoms with Crippen molar-refractivity contribution in [2.24, 2.45) is 0 Å². The molecule has 0 saturated carbocycles. The molecule has 7 nitrogen and oxygen atoms in total. The van der Waals surface area contributed by atoms with Crippen LogP contribution in [0.1, 0.15) is 22.9 Å². The van der Waals surface area contributed by atoms with Gasteiger partial charge in [0.05, 0.1) is 13.2 Å². The summed E-state index contributed by atoms with van der Waals surface area (Å²) in [6.07, 6.45) is -3.56. The number of nitrogens with one attached hydrogen (secondary N) is 1. The van der Waals surface area contributed by atoms with Gasteiger partial charge >= 0.3 is 12.3 Å². The van der Waals surface area contributed by atoms with E-state index in [4.69, 9.17) is 16.3 Å².